The highest BCUT2D eigenvalue weighted by Gasteiger charge is 2.33. The fourth-order valence-electron chi connectivity index (χ4n) is 3.47. The summed E-state index contributed by atoms with van der Waals surface area (Å²) in [6.45, 7) is 5.82. The third-order valence-corrected chi connectivity index (χ3v) is 4.89. The van der Waals surface area contributed by atoms with Gasteiger partial charge in [-0.3, -0.25) is 9.59 Å². The Morgan fingerprint density at radius 2 is 1.97 bits per heavy atom. The van der Waals surface area contributed by atoms with Crippen LogP contribution in [0, 0.1) is 19.8 Å². The molecule has 0 bridgehead atoms. The van der Waals surface area contributed by atoms with Gasteiger partial charge in [0.25, 0.3) is 0 Å². The molecule has 30 heavy (non-hydrogen) atoms. The van der Waals surface area contributed by atoms with E-state index in [9.17, 15) is 9.59 Å². The van der Waals surface area contributed by atoms with Gasteiger partial charge in [-0.25, -0.2) is 9.97 Å². The van der Waals surface area contributed by atoms with E-state index in [0.717, 1.165) is 24.4 Å². The average molecular weight is 412 g/mol. The van der Waals surface area contributed by atoms with Crippen LogP contribution in [0.4, 0.5) is 5.69 Å². The van der Waals surface area contributed by atoms with Crippen molar-refractivity contribution in [3.63, 3.8) is 0 Å². The van der Waals surface area contributed by atoms with E-state index in [-0.39, 0.29) is 30.2 Å². The molecule has 8 nitrogen and oxygen atoms in total. The van der Waals surface area contributed by atoms with Crippen LogP contribution in [0.3, 0.4) is 0 Å². The SMILES string of the molecule is Cc1cc(C)nc(Oc2cccc(NC(=O)C3CC(=O)N(CCCN(C)C)C3)c2)n1. The zero-order valence-electron chi connectivity index (χ0n) is 18.0. The van der Waals surface area contributed by atoms with Crippen LogP contribution < -0.4 is 10.1 Å². The summed E-state index contributed by atoms with van der Waals surface area (Å²) in [5.74, 6) is 0.0750. The van der Waals surface area contributed by atoms with Crippen LogP contribution in [0.5, 0.6) is 11.8 Å². The smallest absolute Gasteiger partial charge is 0.322 e. The number of amides is 2. The van der Waals surface area contributed by atoms with Gasteiger partial charge in [0.2, 0.25) is 11.8 Å². The van der Waals surface area contributed by atoms with Gasteiger partial charge in [-0.15, -0.1) is 0 Å². The minimum Gasteiger partial charge on any atom is -0.424 e. The molecule has 3 rings (SSSR count). The van der Waals surface area contributed by atoms with Crippen LogP contribution in [0.2, 0.25) is 0 Å². The molecule has 1 aliphatic rings. The second-order valence-electron chi connectivity index (χ2n) is 7.95. The van der Waals surface area contributed by atoms with Gasteiger partial charge in [-0.05, 0) is 59.1 Å². The number of aryl methyl sites for hydroxylation is 2. The van der Waals surface area contributed by atoms with Gasteiger partial charge < -0.3 is 19.9 Å². The van der Waals surface area contributed by atoms with E-state index in [1.54, 1.807) is 29.2 Å². The molecule has 2 aromatic rings. The topological polar surface area (TPSA) is 87.7 Å². The molecule has 1 aliphatic heterocycles. The van der Waals surface area contributed by atoms with Crippen LogP contribution in [0.15, 0.2) is 30.3 Å². The van der Waals surface area contributed by atoms with Crippen molar-refractivity contribution in [1.82, 2.24) is 19.8 Å². The predicted octanol–water partition coefficient (Wildman–Crippen LogP) is 2.62. The number of hydrogen-bond acceptors (Lipinski definition) is 6. The highest BCUT2D eigenvalue weighted by molar-refractivity contribution is 5.97. The lowest BCUT2D eigenvalue weighted by Crippen LogP contribution is -2.30. The van der Waals surface area contributed by atoms with E-state index in [1.165, 1.54) is 0 Å². The summed E-state index contributed by atoms with van der Waals surface area (Å²) in [6.07, 6.45) is 1.15. The largest absolute Gasteiger partial charge is 0.424 e. The Balaban J connectivity index is 1.58. The zero-order chi connectivity index (χ0) is 21.7. The lowest BCUT2D eigenvalue weighted by atomic mass is 10.1. The minimum absolute atomic E-state index is 0.0398. The highest BCUT2D eigenvalue weighted by atomic mass is 16.5. The van der Waals surface area contributed by atoms with Gasteiger partial charge in [0.05, 0.1) is 5.92 Å². The quantitative estimate of drug-likeness (QED) is 0.719. The standard InChI is InChI=1S/C22H29N5O3/c1-15-11-16(2)24-22(23-15)30-19-8-5-7-18(13-19)25-21(29)17-12-20(28)27(14-17)10-6-9-26(3)4/h5,7-8,11,13,17H,6,9-10,12,14H2,1-4H3,(H,25,29). The van der Waals surface area contributed by atoms with Crippen LogP contribution in [0.25, 0.3) is 0 Å². The first-order valence-corrected chi connectivity index (χ1v) is 10.1. The average Bonchev–Trinajstić information content (AvgIpc) is 3.02. The number of anilines is 1. The number of hydrogen-bond donors (Lipinski definition) is 1. The van der Waals surface area contributed by atoms with Crippen molar-refractivity contribution in [2.75, 3.05) is 39.0 Å². The maximum Gasteiger partial charge on any atom is 0.322 e. The molecule has 2 amide bonds. The summed E-state index contributed by atoms with van der Waals surface area (Å²) in [4.78, 5) is 37.3. The van der Waals surface area contributed by atoms with Crippen molar-refractivity contribution in [2.24, 2.45) is 5.92 Å². The van der Waals surface area contributed by atoms with E-state index in [0.29, 0.717) is 24.5 Å². The lowest BCUT2D eigenvalue weighted by molar-refractivity contribution is -0.128. The van der Waals surface area contributed by atoms with Gasteiger partial charge in [0.1, 0.15) is 5.75 Å². The Morgan fingerprint density at radius 3 is 2.67 bits per heavy atom. The first-order valence-electron chi connectivity index (χ1n) is 10.1. The molecule has 1 aromatic carbocycles. The molecule has 160 valence electrons. The first-order chi connectivity index (χ1) is 14.3. The van der Waals surface area contributed by atoms with Crippen LogP contribution in [-0.4, -0.2) is 65.3 Å². The van der Waals surface area contributed by atoms with Crippen molar-refractivity contribution in [1.29, 1.82) is 0 Å². The summed E-state index contributed by atoms with van der Waals surface area (Å²) in [6, 6.07) is 9.23. The van der Waals surface area contributed by atoms with Gasteiger partial charge in [0, 0.05) is 42.7 Å². The predicted molar refractivity (Wildman–Crippen MR) is 115 cm³/mol. The van der Waals surface area contributed by atoms with Crippen LogP contribution >= 0.6 is 0 Å². The van der Waals surface area contributed by atoms with Gasteiger partial charge in [-0.1, -0.05) is 6.07 Å². The van der Waals surface area contributed by atoms with Crippen molar-refractivity contribution in [2.45, 2.75) is 26.7 Å². The Morgan fingerprint density at radius 1 is 1.23 bits per heavy atom. The normalized spacial score (nSPS) is 16.2. The number of benzene rings is 1. The molecule has 1 unspecified atom stereocenters. The van der Waals surface area contributed by atoms with E-state index in [2.05, 4.69) is 20.2 Å². The van der Waals surface area contributed by atoms with E-state index < -0.39 is 0 Å². The van der Waals surface area contributed by atoms with Crippen LogP contribution in [-0.2, 0) is 9.59 Å². The Hall–Kier alpha value is -3.00. The molecule has 1 atom stereocenters. The molecule has 1 aromatic heterocycles. The molecule has 2 heterocycles. The first kappa shape index (κ1) is 21.7. The van der Waals surface area contributed by atoms with Crippen molar-refractivity contribution in [3.05, 3.63) is 41.7 Å². The number of rotatable bonds is 8. The summed E-state index contributed by atoms with van der Waals surface area (Å²) >= 11 is 0. The molecule has 0 spiro atoms. The molecule has 8 heteroatoms. The summed E-state index contributed by atoms with van der Waals surface area (Å²) < 4.78 is 5.75. The number of likely N-dealkylation sites (tertiary alicyclic amines) is 1. The number of ether oxygens (including phenoxy) is 1. The number of carbonyl (C=O) groups excluding carboxylic acids is 2. The van der Waals surface area contributed by atoms with Gasteiger partial charge in [-0.2, -0.15) is 0 Å². The molecular weight excluding hydrogens is 382 g/mol. The van der Waals surface area contributed by atoms with Crippen molar-refractivity contribution in [3.8, 4) is 11.8 Å². The van der Waals surface area contributed by atoms with Gasteiger partial charge >= 0.3 is 6.01 Å². The molecule has 1 fully saturated rings. The summed E-state index contributed by atoms with van der Waals surface area (Å²) in [5.41, 5.74) is 2.26. The Bertz CT molecular complexity index is 895. The molecule has 0 aliphatic carbocycles. The molecule has 0 saturated carbocycles. The Kier molecular flexibility index (Phi) is 6.99. The van der Waals surface area contributed by atoms with E-state index in [4.69, 9.17) is 4.74 Å². The second kappa shape index (κ2) is 9.67. The van der Waals surface area contributed by atoms with E-state index >= 15 is 0 Å². The van der Waals surface area contributed by atoms with E-state index in [1.807, 2.05) is 34.0 Å². The summed E-state index contributed by atoms with van der Waals surface area (Å²) in [7, 11) is 4.01. The fourth-order valence-corrected chi connectivity index (χ4v) is 3.47. The minimum atomic E-state index is -0.343. The third-order valence-electron chi connectivity index (χ3n) is 4.89. The monoisotopic (exact) mass is 411 g/mol. The maximum atomic E-state index is 12.7. The van der Waals surface area contributed by atoms with Crippen molar-refractivity contribution >= 4 is 17.5 Å². The van der Waals surface area contributed by atoms with Crippen molar-refractivity contribution < 1.29 is 14.3 Å². The number of aromatic nitrogens is 2. The molecule has 1 saturated heterocycles. The number of nitrogens with zero attached hydrogens (tertiary/aromatic N) is 4. The molecule has 1 N–H and O–H groups in total. The number of carbonyl (C=O) groups is 2. The lowest BCUT2D eigenvalue weighted by Gasteiger charge is -2.18. The fraction of sp³-hybridized carbons (Fsp3) is 0.455. The zero-order valence-corrected chi connectivity index (χ0v) is 18.0. The highest BCUT2D eigenvalue weighted by Crippen LogP contribution is 2.24. The molecule has 0 radical (unpaired) electrons. The third kappa shape index (κ3) is 6.00. The maximum absolute atomic E-state index is 12.7. The molecular formula is C22H29N5O3. The second-order valence-corrected chi connectivity index (χ2v) is 7.95. The van der Waals surface area contributed by atoms with Gasteiger partial charge in [0.15, 0.2) is 0 Å². The number of nitrogens with one attached hydrogen (secondary N) is 1. The van der Waals surface area contributed by atoms with Crippen LogP contribution in [0.1, 0.15) is 24.2 Å². The summed E-state index contributed by atoms with van der Waals surface area (Å²) in [5, 5.41) is 2.90. The Labute approximate surface area is 177 Å².